The van der Waals surface area contributed by atoms with E-state index in [2.05, 4.69) is 22.2 Å². The molecule has 0 aromatic heterocycles. The van der Waals surface area contributed by atoms with Crippen molar-refractivity contribution >= 4 is 11.8 Å². The van der Waals surface area contributed by atoms with Gasteiger partial charge in [0.1, 0.15) is 5.82 Å². The van der Waals surface area contributed by atoms with Gasteiger partial charge in [-0.25, -0.2) is 4.99 Å². The molecule has 0 spiro atoms. The van der Waals surface area contributed by atoms with Crippen LogP contribution in [0.5, 0.6) is 0 Å². The molecule has 3 fully saturated rings. The summed E-state index contributed by atoms with van der Waals surface area (Å²) in [5.74, 6) is 2.66. The van der Waals surface area contributed by atoms with Crippen LogP contribution in [-0.2, 0) is 9.53 Å². The first-order valence-electron chi connectivity index (χ1n) is 9.40. The van der Waals surface area contributed by atoms with E-state index in [4.69, 9.17) is 10.5 Å². The average Bonchev–Trinajstić information content (AvgIpc) is 3.47. The van der Waals surface area contributed by atoms with Gasteiger partial charge in [-0.15, -0.1) is 0 Å². The zero-order valence-corrected chi connectivity index (χ0v) is 15.1. The number of carbonyl (C=O) groups excluding carboxylic acids is 1. The van der Waals surface area contributed by atoms with Gasteiger partial charge in [0.15, 0.2) is 6.61 Å². The van der Waals surface area contributed by atoms with Crippen molar-refractivity contribution in [2.75, 3.05) is 19.7 Å². The third kappa shape index (κ3) is 6.11. The number of nitrogens with one attached hydrogen (secondary N) is 2. The molecule has 3 rings (SSSR count). The first-order valence-corrected chi connectivity index (χ1v) is 9.40. The molecule has 3 aliphatic rings. The van der Waals surface area contributed by atoms with E-state index in [9.17, 15) is 4.79 Å². The molecule has 3 saturated carbocycles. The van der Waals surface area contributed by atoms with Crippen molar-refractivity contribution in [2.24, 2.45) is 28.5 Å². The predicted molar refractivity (Wildman–Crippen MR) is 98.6 cm³/mol. The normalized spacial score (nSPS) is 21.4. The molecular weight excluding hydrogens is 316 g/mol. The molecule has 0 aromatic carbocycles. The van der Waals surface area contributed by atoms with E-state index in [1.807, 2.05) is 6.92 Å². The lowest BCUT2D eigenvalue weighted by atomic mass is 10.2. The SMILES string of the molecule is C=C(/N=C(OCC(=O)NCC1CC1)\C(C)=C(/N)NCC1CC1)C1CC1. The van der Waals surface area contributed by atoms with Crippen molar-refractivity contribution in [1.29, 1.82) is 0 Å². The molecular formula is C19H30N4O2. The molecule has 3 aliphatic carbocycles. The fraction of sp³-hybridized carbons (Fsp3) is 0.684. The Hall–Kier alpha value is -1.98. The summed E-state index contributed by atoms with van der Waals surface area (Å²) >= 11 is 0. The molecule has 6 nitrogen and oxygen atoms in total. The summed E-state index contributed by atoms with van der Waals surface area (Å²) < 4.78 is 5.71. The molecule has 0 saturated heterocycles. The minimum Gasteiger partial charge on any atom is -0.467 e. The van der Waals surface area contributed by atoms with Gasteiger partial charge in [-0.2, -0.15) is 0 Å². The van der Waals surface area contributed by atoms with Crippen molar-refractivity contribution in [3.63, 3.8) is 0 Å². The highest BCUT2D eigenvalue weighted by molar-refractivity contribution is 5.95. The molecule has 0 aliphatic heterocycles. The second-order valence-electron chi connectivity index (χ2n) is 7.58. The molecule has 4 N–H and O–H groups in total. The van der Waals surface area contributed by atoms with Gasteiger partial charge in [0, 0.05) is 24.7 Å². The lowest BCUT2D eigenvalue weighted by Gasteiger charge is -2.14. The van der Waals surface area contributed by atoms with Gasteiger partial charge >= 0.3 is 0 Å². The number of carbonyl (C=O) groups is 1. The molecule has 0 aromatic rings. The molecule has 0 heterocycles. The predicted octanol–water partition coefficient (Wildman–Crippen LogP) is 2.04. The number of rotatable bonds is 10. The van der Waals surface area contributed by atoms with Gasteiger partial charge in [0.05, 0.1) is 5.57 Å². The molecule has 6 heteroatoms. The van der Waals surface area contributed by atoms with Gasteiger partial charge in [-0.1, -0.05) is 6.58 Å². The Morgan fingerprint density at radius 1 is 1.12 bits per heavy atom. The number of amides is 1. The molecule has 0 unspecified atom stereocenters. The Morgan fingerprint density at radius 3 is 2.28 bits per heavy atom. The standard InChI is InChI=1S/C19H30N4O2/c1-12(18(20)22-10-15-5-6-15)19(23-13(2)16-7-8-16)25-11-17(24)21-9-14-3-4-14/h14-16,22H,2-11,20H2,1H3,(H,21,24)/b18-12+,23-19+. The summed E-state index contributed by atoms with van der Waals surface area (Å²) in [4.78, 5) is 16.5. The van der Waals surface area contributed by atoms with E-state index in [0.29, 0.717) is 23.6 Å². The maximum absolute atomic E-state index is 12.0. The smallest absolute Gasteiger partial charge is 0.258 e. The summed E-state index contributed by atoms with van der Waals surface area (Å²) in [7, 11) is 0. The summed E-state index contributed by atoms with van der Waals surface area (Å²) in [5, 5.41) is 6.15. The Balaban J connectivity index is 1.57. The van der Waals surface area contributed by atoms with E-state index >= 15 is 0 Å². The van der Waals surface area contributed by atoms with Crippen LogP contribution in [0.15, 0.2) is 28.7 Å². The quantitative estimate of drug-likeness (QED) is 0.417. The number of hydrogen-bond acceptors (Lipinski definition) is 5. The minimum absolute atomic E-state index is 0.0449. The molecule has 25 heavy (non-hydrogen) atoms. The Bertz CT molecular complexity index is 584. The van der Waals surface area contributed by atoms with Crippen LogP contribution in [0.25, 0.3) is 0 Å². The Morgan fingerprint density at radius 2 is 1.72 bits per heavy atom. The van der Waals surface area contributed by atoms with Crippen LogP contribution in [-0.4, -0.2) is 31.5 Å². The van der Waals surface area contributed by atoms with Gasteiger partial charge in [-0.05, 0) is 57.3 Å². The monoisotopic (exact) mass is 346 g/mol. The lowest BCUT2D eigenvalue weighted by molar-refractivity contribution is -0.123. The van der Waals surface area contributed by atoms with Crippen molar-refractivity contribution in [2.45, 2.75) is 45.4 Å². The van der Waals surface area contributed by atoms with Crippen LogP contribution < -0.4 is 16.4 Å². The number of nitrogens with zero attached hydrogens (tertiary/aromatic N) is 1. The Kier molecular flexibility index (Phi) is 5.66. The van der Waals surface area contributed by atoms with E-state index in [1.54, 1.807) is 0 Å². The number of aliphatic imine (C=N–C) groups is 1. The third-order valence-electron chi connectivity index (χ3n) is 4.92. The summed E-state index contributed by atoms with van der Waals surface area (Å²) in [6.45, 7) is 7.47. The molecule has 0 bridgehead atoms. The highest BCUT2D eigenvalue weighted by Gasteiger charge is 2.26. The molecule has 138 valence electrons. The largest absolute Gasteiger partial charge is 0.467 e. The zero-order valence-electron chi connectivity index (χ0n) is 15.1. The van der Waals surface area contributed by atoms with Crippen molar-refractivity contribution in [3.8, 4) is 0 Å². The maximum atomic E-state index is 12.0. The van der Waals surface area contributed by atoms with Crippen LogP contribution in [0.4, 0.5) is 0 Å². The van der Waals surface area contributed by atoms with Gasteiger partial charge in [0.25, 0.3) is 5.91 Å². The maximum Gasteiger partial charge on any atom is 0.258 e. The topological polar surface area (TPSA) is 88.7 Å². The fourth-order valence-electron chi connectivity index (χ4n) is 2.45. The van der Waals surface area contributed by atoms with Crippen LogP contribution in [0.3, 0.4) is 0 Å². The van der Waals surface area contributed by atoms with Crippen molar-refractivity contribution in [1.82, 2.24) is 10.6 Å². The number of nitrogens with two attached hydrogens (primary N) is 1. The number of hydrogen-bond donors (Lipinski definition) is 3. The molecule has 0 atom stereocenters. The van der Waals surface area contributed by atoms with Gasteiger partial charge in [0.2, 0.25) is 5.90 Å². The fourth-order valence-corrected chi connectivity index (χ4v) is 2.45. The average molecular weight is 346 g/mol. The van der Waals surface area contributed by atoms with Crippen LogP contribution in [0.1, 0.15) is 45.4 Å². The summed E-state index contributed by atoms with van der Waals surface area (Å²) in [5.41, 5.74) is 7.69. The minimum atomic E-state index is -0.117. The third-order valence-corrected chi connectivity index (χ3v) is 4.92. The molecule has 1 amide bonds. The van der Waals surface area contributed by atoms with E-state index in [-0.39, 0.29) is 12.5 Å². The first-order chi connectivity index (χ1) is 12.0. The summed E-state index contributed by atoms with van der Waals surface area (Å²) in [6, 6.07) is 0. The van der Waals surface area contributed by atoms with Crippen molar-refractivity contribution in [3.05, 3.63) is 23.7 Å². The van der Waals surface area contributed by atoms with Crippen LogP contribution in [0, 0.1) is 17.8 Å². The first kappa shape index (κ1) is 17.8. The van der Waals surface area contributed by atoms with E-state index in [1.165, 1.54) is 25.7 Å². The second kappa shape index (κ2) is 7.93. The van der Waals surface area contributed by atoms with E-state index < -0.39 is 0 Å². The molecule has 0 radical (unpaired) electrons. The number of allylic oxidation sites excluding steroid dienone is 1. The van der Waals surface area contributed by atoms with Crippen LogP contribution >= 0.6 is 0 Å². The highest BCUT2D eigenvalue weighted by atomic mass is 16.5. The summed E-state index contributed by atoms with van der Waals surface area (Å²) in [6.07, 6.45) is 7.18. The van der Waals surface area contributed by atoms with Crippen molar-refractivity contribution < 1.29 is 9.53 Å². The van der Waals surface area contributed by atoms with E-state index in [0.717, 1.165) is 43.1 Å². The second-order valence-corrected chi connectivity index (χ2v) is 7.58. The van der Waals surface area contributed by atoms with Gasteiger partial charge < -0.3 is 21.1 Å². The highest BCUT2D eigenvalue weighted by Crippen LogP contribution is 2.36. The lowest BCUT2D eigenvalue weighted by Crippen LogP contribution is -2.31. The Labute approximate surface area is 150 Å². The van der Waals surface area contributed by atoms with Gasteiger partial charge in [-0.3, -0.25) is 4.79 Å². The van der Waals surface area contributed by atoms with Crippen LogP contribution in [0.2, 0.25) is 0 Å². The zero-order chi connectivity index (χ0) is 17.8. The number of ether oxygens (including phenoxy) is 1.